The van der Waals surface area contributed by atoms with Gasteiger partial charge in [-0.3, -0.25) is 14.1 Å². The van der Waals surface area contributed by atoms with Crippen molar-refractivity contribution in [3.05, 3.63) is 60.2 Å². The van der Waals surface area contributed by atoms with E-state index in [1.165, 1.54) is 4.74 Å². The Bertz CT molecular complexity index is 1430. The number of carbonyl (C=O) groups excluding carboxylic acids is 1. The van der Waals surface area contributed by atoms with Crippen LogP contribution in [0.15, 0.2) is 54.6 Å². The molecule has 39 heavy (non-hydrogen) atoms. The fourth-order valence-electron chi connectivity index (χ4n) is 3.09. The number of carboxylic acids is 1. The number of ether oxygens (including phenoxy) is 1. The Morgan fingerprint density at radius 2 is 1.18 bits per heavy atom. The molecule has 0 aliphatic heterocycles. The van der Waals surface area contributed by atoms with Crippen LogP contribution in [0.25, 0.3) is 21.5 Å². The third-order valence-corrected chi connectivity index (χ3v) is 5.75. The molecule has 0 fully saturated rings. The number of hydrogen-bond donors (Lipinski definition) is 2. The first kappa shape index (κ1) is 31.8. The van der Waals surface area contributed by atoms with Crippen LogP contribution < -0.4 is 0 Å². The molecule has 0 aliphatic carbocycles. The Labute approximate surface area is 212 Å². The van der Waals surface area contributed by atoms with E-state index in [4.69, 9.17) is 9.66 Å². The number of fused-ring (bicyclic) bond motifs is 2. The van der Waals surface area contributed by atoms with Gasteiger partial charge >= 0.3 is 39.7 Å². The lowest BCUT2D eigenvalue weighted by atomic mass is 9.93. The summed E-state index contributed by atoms with van der Waals surface area (Å²) in [6, 6.07) is 17.5. The smallest absolute Gasteiger partial charge is 0.481 e. The minimum absolute atomic E-state index is 0.0212. The zero-order valence-electron chi connectivity index (χ0n) is 18.9. The average molecular weight is 594 g/mol. The summed E-state index contributed by atoms with van der Waals surface area (Å²) < 4.78 is 135. The molecule has 0 radical (unpaired) electrons. The minimum Gasteiger partial charge on any atom is -0.481 e. The Kier molecular flexibility index (Phi) is 8.94. The van der Waals surface area contributed by atoms with Crippen LogP contribution in [0.1, 0.15) is 23.2 Å². The standard InChI is InChI=1S/C18H14O3.C4HF9O4S/c19-16(9-10-17(20)21)18-14-7-3-1-5-12(14)11-13-6-2-4-8-15(13)18;5-1(6,7)2(8,9)17-3(10,11)4(12,13)18(14,15)16/h1-8,11H,9-10H2,(H,20,21);(H,14,15,16). The van der Waals surface area contributed by atoms with Gasteiger partial charge in [-0.05, 0) is 27.6 Å². The van der Waals surface area contributed by atoms with E-state index in [1.807, 2.05) is 48.5 Å². The van der Waals surface area contributed by atoms with Crippen molar-refractivity contribution in [1.29, 1.82) is 0 Å². The zero-order valence-corrected chi connectivity index (χ0v) is 19.7. The van der Waals surface area contributed by atoms with Gasteiger partial charge in [-0.25, -0.2) is 4.74 Å². The minimum atomic E-state index is -6.99. The quantitative estimate of drug-likeness (QED) is 0.137. The van der Waals surface area contributed by atoms with Gasteiger partial charge in [0.2, 0.25) is 0 Å². The first-order chi connectivity index (χ1) is 17.6. The van der Waals surface area contributed by atoms with Crippen molar-refractivity contribution in [3.8, 4) is 0 Å². The van der Waals surface area contributed by atoms with E-state index in [0.717, 1.165) is 21.5 Å². The molecule has 214 valence electrons. The molecule has 0 saturated carbocycles. The summed E-state index contributed by atoms with van der Waals surface area (Å²) in [6.45, 7) is 0. The summed E-state index contributed by atoms with van der Waals surface area (Å²) in [5.74, 6) is -1.07. The van der Waals surface area contributed by atoms with E-state index in [2.05, 4.69) is 6.07 Å². The number of ketones is 1. The molecule has 3 aromatic carbocycles. The molecule has 0 bridgehead atoms. The number of Topliss-reactive ketones (excluding diaryl/α,β-unsaturated/α-hetero) is 1. The number of rotatable bonds is 8. The van der Waals surface area contributed by atoms with Crippen LogP contribution in [0, 0.1) is 0 Å². The molecule has 2 N–H and O–H groups in total. The van der Waals surface area contributed by atoms with Crippen molar-refractivity contribution >= 4 is 43.4 Å². The van der Waals surface area contributed by atoms with Crippen LogP contribution in [0.2, 0.25) is 0 Å². The van der Waals surface area contributed by atoms with E-state index >= 15 is 0 Å². The topological polar surface area (TPSA) is 118 Å². The van der Waals surface area contributed by atoms with Crippen LogP contribution in [0.3, 0.4) is 0 Å². The molecule has 0 spiro atoms. The lowest BCUT2D eigenvalue weighted by Crippen LogP contribution is -2.54. The number of carboxylic acid groups (broad SMARTS) is 1. The highest BCUT2D eigenvalue weighted by Gasteiger charge is 2.74. The van der Waals surface area contributed by atoms with Gasteiger partial charge in [0, 0.05) is 12.0 Å². The van der Waals surface area contributed by atoms with Gasteiger partial charge in [0.15, 0.2) is 5.78 Å². The Morgan fingerprint density at radius 3 is 1.56 bits per heavy atom. The summed E-state index contributed by atoms with van der Waals surface area (Å²) >= 11 is 0. The van der Waals surface area contributed by atoms with Crippen molar-refractivity contribution in [3.63, 3.8) is 0 Å². The van der Waals surface area contributed by atoms with Gasteiger partial charge in [0.25, 0.3) is 0 Å². The molecule has 0 atom stereocenters. The van der Waals surface area contributed by atoms with Crippen molar-refractivity contribution in [2.75, 3.05) is 0 Å². The summed E-state index contributed by atoms with van der Waals surface area (Å²) in [7, 11) is -6.99. The molecule has 0 aromatic heterocycles. The lowest BCUT2D eigenvalue weighted by molar-refractivity contribution is -0.476. The van der Waals surface area contributed by atoms with Gasteiger partial charge in [-0.15, -0.1) is 0 Å². The molecule has 3 aromatic rings. The molecule has 0 aliphatic rings. The molecular weight excluding hydrogens is 579 g/mol. The van der Waals surface area contributed by atoms with Gasteiger partial charge in [0.1, 0.15) is 0 Å². The normalized spacial score (nSPS) is 13.2. The van der Waals surface area contributed by atoms with Crippen molar-refractivity contribution in [2.45, 2.75) is 36.5 Å². The third kappa shape index (κ3) is 6.96. The van der Waals surface area contributed by atoms with Crippen LogP contribution in [-0.2, 0) is 19.6 Å². The molecule has 0 saturated heterocycles. The van der Waals surface area contributed by atoms with Crippen LogP contribution in [-0.4, -0.2) is 53.5 Å². The zero-order chi connectivity index (χ0) is 30.0. The van der Waals surface area contributed by atoms with E-state index in [-0.39, 0.29) is 18.6 Å². The lowest BCUT2D eigenvalue weighted by Gasteiger charge is -2.28. The number of carbonyl (C=O) groups is 2. The van der Waals surface area contributed by atoms with E-state index in [9.17, 15) is 57.5 Å². The van der Waals surface area contributed by atoms with Crippen molar-refractivity contribution < 1.29 is 71.9 Å². The van der Waals surface area contributed by atoms with Gasteiger partial charge in [-0.1, -0.05) is 48.5 Å². The predicted octanol–water partition coefficient (Wildman–Crippen LogP) is 6.27. The van der Waals surface area contributed by atoms with E-state index in [1.54, 1.807) is 0 Å². The van der Waals surface area contributed by atoms with Crippen molar-refractivity contribution in [2.24, 2.45) is 0 Å². The molecule has 7 nitrogen and oxygen atoms in total. The number of alkyl halides is 9. The van der Waals surface area contributed by atoms with Crippen LogP contribution in [0.4, 0.5) is 39.5 Å². The Balaban J connectivity index is 0.000000278. The maximum Gasteiger partial charge on any atom is 0.483 e. The van der Waals surface area contributed by atoms with Crippen LogP contribution >= 0.6 is 0 Å². The van der Waals surface area contributed by atoms with Gasteiger partial charge in [0.05, 0.1) is 6.42 Å². The SMILES string of the molecule is O=C(O)CCC(=O)c1c2ccccc2cc2ccccc12.O=S(=O)(O)C(F)(F)C(F)(F)OC(F)(F)C(F)(F)F. The fraction of sp³-hybridized carbons (Fsp3) is 0.273. The molecule has 3 rings (SSSR count). The summed E-state index contributed by atoms with van der Waals surface area (Å²) in [6.07, 6.45) is -20.5. The monoisotopic (exact) mass is 594 g/mol. The van der Waals surface area contributed by atoms with Crippen molar-refractivity contribution in [1.82, 2.24) is 0 Å². The largest absolute Gasteiger partial charge is 0.483 e. The number of hydrogen-bond acceptors (Lipinski definition) is 5. The molecule has 0 heterocycles. The summed E-state index contributed by atoms with van der Waals surface area (Å²) in [4.78, 5) is 23.2. The molecule has 0 amide bonds. The Morgan fingerprint density at radius 1 is 0.744 bits per heavy atom. The fourth-order valence-corrected chi connectivity index (χ4v) is 3.43. The van der Waals surface area contributed by atoms with E-state index in [0.29, 0.717) is 5.56 Å². The molecular formula is C22H15F9O7S. The average Bonchev–Trinajstić information content (AvgIpc) is 2.79. The molecule has 0 unspecified atom stereocenters. The van der Waals surface area contributed by atoms with E-state index < -0.39 is 39.7 Å². The second-order valence-electron chi connectivity index (χ2n) is 7.64. The Hall–Kier alpha value is -3.44. The second-order valence-corrected chi connectivity index (χ2v) is 9.10. The number of benzene rings is 3. The molecule has 17 heteroatoms. The predicted molar refractivity (Wildman–Crippen MR) is 116 cm³/mol. The van der Waals surface area contributed by atoms with Crippen LogP contribution in [0.5, 0.6) is 0 Å². The van der Waals surface area contributed by atoms with Gasteiger partial charge in [-0.2, -0.15) is 47.9 Å². The summed E-state index contributed by atoms with van der Waals surface area (Å²) in [5, 5.41) is 5.84. The highest BCUT2D eigenvalue weighted by atomic mass is 32.2. The maximum absolute atomic E-state index is 12.5. The number of aliphatic carboxylic acids is 1. The second kappa shape index (κ2) is 11.0. The number of halogens is 9. The highest BCUT2D eigenvalue weighted by molar-refractivity contribution is 7.86. The first-order valence-corrected chi connectivity index (χ1v) is 11.6. The maximum atomic E-state index is 12.5. The van der Waals surface area contributed by atoms with Gasteiger partial charge < -0.3 is 5.11 Å². The first-order valence-electron chi connectivity index (χ1n) is 10.2. The third-order valence-electron chi connectivity index (χ3n) is 4.87. The summed E-state index contributed by atoms with van der Waals surface area (Å²) in [5.41, 5.74) is 0.630. The highest BCUT2D eigenvalue weighted by Crippen LogP contribution is 2.47.